The third-order valence-electron chi connectivity index (χ3n) is 5.27. The first kappa shape index (κ1) is 23.2. The van der Waals surface area contributed by atoms with Crippen molar-refractivity contribution in [2.24, 2.45) is 5.92 Å². The zero-order valence-corrected chi connectivity index (χ0v) is 20.2. The van der Waals surface area contributed by atoms with E-state index in [2.05, 4.69) is 36.6 Å². The minimum atomic E-state index is -0.0644. The summed E-state index contributed by atoms with van der Waals surface area (Å²) in [6, 6.07) is 10.2. The molecule has 0 amide bonds. The molecule has 2 atom stereocenters. The first-order valence-corrected chi connectivity index (χ1v) is 13.0. The average molecular weight is 474 g/mol. The molecule has 172 valence electrons. The molecule has 3 N–H and O–H groups in total. The number of rotatable bonds is 11. The van der Waals surface area contributed by atoms with Gasteiger partial charge in [-0.1, -0.05) is 67.3 Å². The number of benzene rings is 1. The van der Waals surface area contributed by atoms with Crippen LogP contribution in [0.25, 0.3) is 10.3 Å². The molecule has 3 aromatic rings. The number of fused-ring (bicyclic) bond motifs is 1. The SMILES string of the molecule is CC(C)C[C@H](CO)Nc1nc(SCc2ccccc2)nc2nc(NCC3CCCO3)sc12. The van der Waals surface area contributed by atoms with Crippen LogP contribution in [0.15, 0.2) is 35.5 Å². The highest BCUT2D eigenvalue weighted by molar-refractivity contribution is 7.98. The van der Waals surface area contributed by atoms with Crippen LogP contribution in [0.1, 0.15) is 38.7 Å². The van der Waals surface area contributed by atoms with Crippen LogP contribution in [0.4, 0.5) is 10.9 Å². The van der Waals surface area contributed by atoms with Gasteiger partial charge < -0.3 is 20.5 Å². The Labute approximate surface area is 197 Å². The fourth-order valence-electron chi connectivity index (χ4n) is 3.71. The molecule has 0 radical (unpaired) electrons. The predicted octanol–water partition coefficient (Wildman–Crippen LogP) is 4.79. The van der Waals surface area contributed by atoms with Crippen LogP contribution in [0, 0.1) is 5.92 Å². The van der Waals surface area contributed by atoms with Crippen LogP contribution in [-0.4, -0.2) is 52.0 Å². The molecule has 9 heteroatoms. The molecule has 1 unspecified atom stereocenters. The molecule has 0 aliphatic carbocycles. The molecule has 7 nitrogen and oxygen atoms in total. The molecule has 32 heavy (non-hydrogen) atoms. The van der Waals surface area contributed by atoms with Gasteiger partial charge in [0.1, 0.15) is 4.70 Å². The highest BCUT2D eigenvalue weighted by atomic mass is 32.2. The molecule has 0 spiro atoms. The van der Waals surface area contributed by atoms with E-state index in [1.165, 1.54) is 5.56 Å². The molecule has 1 saturated heterocycles. The quantitative estimate of drug-likeness (QED) is 0.270. The monoisotopic (exact) mass is 473 g/mol. The highest BCUT2D eigenvalue weighted by Gasteiger charge is 2.19. The van der Waals surface area contributed by atoms with Crippen molar-refractivity contribution in [3.05, 3.63) is 35.9 Å². The van der Waals surface area contributed by atoms with E-state index in [1.807, 2.05) is 18.2 Å². The molecule has 1 fully saturated rings. The van der Waals surface area contributed by atoms with Gasteiger partial charge in [-0.3, -0.25) is 0 Å². The lowest BCUT2D eigenvalue weighted by Crippen LogP contribution is -2.26. The summed E-state index contributed by atoms with van der Waals surface area (Å²) in [7, 11) is 0. The zero-order valence-electron chi connectivity index (χ0n) is 18.6. The standard InChI is InChI=1S/C23H31N5O2S2/c1-15(2)11-17(13-29)25-20-19-21(26-22(32-19)24-12-18-9-6-10-30-18)28-23(27-20)31-14-16-7-4-3-5-8-16/h3-5,7-8,15,17-18,29H,6,9-14H2,1-2H3,(H2,24,25,26,27,28)/t17-,18?/m1/s1. The van der Waals surface area contributed by atoms with Crippen molar-refractivity contribution >= 4 is 44.4 Å². The van der Waals surface area contributed by atoms with Gasteiger partial charge in [0.25, 0.3) is 0 Å². The van der Waals surface area contributed by atoms with Gasteiger partial charge in [0.05, 0.1) is 18.8 Å². The molecule has 4 rings (SSSR count). The van der Waals surface area contributed by atoms with Crippen LogP contribution >= 0.6 is 23.1 Å². The number of ether oxygens (including phenoxy) is 1. The van der Waals surface area contributed by atoms with Crippen molar-refractivity contribution in [1.82, 2.24) is 15.0 Å². The first-order chi connectivity index (χ1) is 15.6. The number of anilines is 2. The number of nitrogens with zero attached hydrogens (tertiary/aromatic N) is 3. The third kappa shape index (κ3) is 6.31. The van der Waals surface area contributed by atoms with Crippen LogP contribution in [-0.2, 0) is 10.5 Å². The number of aromatic nitrogens is 3. The largest absolute Gasteiger partial charge is 0.394 e. The smallest absolute Gasteiger partial charge is 0.191 e. The van der Waals surface area contributed by atoms with E-state index in [9.17, 15) is 5.11 Å². The Morgan fingerprint density at radius 3 is 2.78 bits per heavy atom. The number of thioether (sulfide) groups is 1. The maximum Gasteiger partial charge on any atom is 0.191 e. The lowest BCUT2D eigenvalue weighted by atomic mass is 10.0. The van der Waals surface area contributed by atoms with Gasteiger partial charge in [-0.15, -0.1) is 0 Å². The Balaban J connectivity index is 1.56. The fraction of sp³-hybridized carbons (Fsp3) is 0.522. The van der Waals surface area contributed by atoms with Crippen LogP contribution in [0.3, 0.4) is 0 Å². The molecular formula is C23H31N5O2S2. The Kier molecular flexibility index (Phi) is 8.18. The first-order valence-electron chi connectivity index (χ1n) is 11.2. The minimum Gasteiger partial charge on any atom is -0.394 e. The zero-order chi connectivity index (χ0) is 22.3. The van der Waals surface area contributed by atoms with Gasteiger partial charge in [0.15, 0.2) is 21.8 Å². The van der Waals surface area contributed by atoms with E-state index >= 15 is 0 Å². The Hall–Kier alpha value is -1.94. The van der Waals surface area contributed by atoms with E-state index in [1.54, 1.807) is 23.1 Å². The fourth-order valence-corrected chi connectivity index (χ4v) is 5.37. The maximum atomic E-state index is 9.89. The van der Waals surface area contributed by atoms with E-state index in [-0.39, 0.29) is 18.8 Å². The van der Waals surface area contributed by atoms with Crippen molar-refractivity contribution in [2.45, 2.75) is 56.2 Å². The molecule has 0 bridgehead atoms. The van der Waals surface area contributed by atoms with Crippen LogP contribution in [0.2, 0.25) is 0 Å². The van der Waals surface area contributed by atoms with E-state index in [0.29, 0.717) is 16.7 Å². The molecular weight excluding hydrogens is 442 g/mol. The van der Waals surface area contributed by atoms with Gasteiger partial charge in [0.2, 0.25) is 0 Å². The normalized spacial score (nSPS) is 17.2. The maximum absolute atomic E-state index is 9.89. The van der Waals surface area contributed by atoms with Gasteiger partial charge >= 0.3 is 0 Å². The molecule has 2 aromatic heterocycles. The lowest BCUT2D eigenvalue weighted by Gasteiger charge is -2.19. The molecule has 1 aliphatic rings. The van der Waals surface area contributed by atoms with Gasteiger partial charge in [-0.25, -0.2) is 9.97 Å². The van der Waals surface area contributed by atoms with Crippen molar-refractivity contribution in [3.63, 3.8) is 0 Å². The molecule has 3 heterocycles. The van der Waals surface area contributed by atoms with Crippen LogP contribution < -0.4 is 10.6 Å². The number of hydrogen-bond donors (Lipinski definition) is 3. The summed E-state index contributed by atoms with van der Waals surface area (Å²) in [6.07, 6.45) is 3.30. The van der Waals surface area contributed by atoms with Crippen LogP contribution in [0.5, 0.6) is 0 Å². The van der Waals surface area contributed by atoms with Crippen molar-refractivity contribution < 1.29 is 9.84 Å². The van der Waals surface area contributed by atoms with Gasteiger partial charge in [0, 0.05) is 18.9 Å². The second kappa shape index (κ2) is 11.3. The number of hydrogen-bond acceptors (Lipinski definition) is 9. The average Bonchev–Trinajstić information content (AvgIpc) is 3.46. The Morgan fingerprint density at radius 2 is 2.06 bits per heavy atom. The van der Waals surface area contributed by atoms with Crippen molar-refractivity contribution in [1.29, 1.82) is 0 Å². The summed E-state index contributed by atoms with van der Waals surface area (Å²) in [5.74, 6) is 2.00. The highest BCUT2D eigenvalue weighted by Crippen LogP contribution is 2.33. The topological polar surface area (TPSA) is 92.2 Å². The minimum absolute atomic E-state index is 0.0547. The third-order valence-corrected chi connectivity index (χ3v) is 7.19. The summed E-state index contributed by atoms with van der Waals surface area (Å²) >= 11 is 3.14. The van der Waals surface area contributed by atoms with E-state index in [0.717, 1.165) is 53.8 Å². The van der Waals surface area contributed by atoms with E-state index in [4.69, 9.17) is 19.7 Å². The summed E-state index contributed by atoms with van der Waals surface area (Å²) in [4.78, 5) is 14.3. The second-order valence-corrected chi connectivity index (χ2v) is 10.4. The molecule has 1 aliphatic heterocycles. The second-order valence-electron chi connectivity index (χ2n) is 8.47. The van der Waals surface area contributed by atoms with Gasteiger partial charge in [-0.2, -0.15) is 4.98 Å². The number of aliphatic hydroxyl groups excluding tert-OH is 1. The van der Waals surface area contributed by atoms with Gasteiger partial charge in [-0.05, 0) is 30.7 Å². The Morgan fingerprint density at radius 1 is 1.22 bits per heavy atom. The van der Waals surface area contributed by atoms with Crippen molar-refractivity contribution in [2.75, 3.05) is 30.4 Å². The summed E-state index contributed by atoms with van der Waals surface area (Å²) in [6.45, 7) is 5.95. The summed E-state index contributed by atoms with van der Waals surface area (Å²) < 4.78 is 6.62. The number of aliphatic hydroxyl groups is 1. The number of nitrogens with one attached hydrogen (secondary N) is 2. The molecule has 0 saturated carbocycles. The Bertz CT molecular complexity index is 993. The van der Waals surface area contributed by atoms with E-state index < -0.39 is 0 Å². The summed E-state index contributed by atoms with van der Waals surface area (Å²) in [5.41, 5.74) is 1.90. The molecule has 1 aromatic carbocycles. The van der Waals surface area contributed by atoms with Crippen molar-refractivity contribution in [3.8, 4) is 0 Å². The lowest BCUT2D eigenvalue weighted by molar-refractivity contribution is 0.120. The predicted molar refractivity (Wildman–Crippen MR) is 133 cm³/mol. The summed E-state index contributed by atoms with van der Waals surface area (Å²) in [5, 5.41) is 18.3. The number of thiazole rings is 1.